The van der Waals surface area contributed by atoms with Crippen LogP contribution in [-0.2, 0) is 17.8 Å². The Morgan fingerprint density at radius 2 is 1.40 bits per heavy atom. The van der Waals surface area contributed by atoms with E-state index in [1.54, 1.807) is 0 Å². The van der Waals surface area contributed by atoms with E-state index < -0.39 is 0 Å². The number of nitrogens with one attached hydrogen (secondary N) is 1. The Labute approximate surface area is 177 Å². The van der Waals surface area contributed by atoms with Crippen LogP contribution in [0.25, 0.3) is 0 Å². The number of hydrogen-bond donors (Lipinski definition) is 1. The van der Waals surface area contributed by atoms with Crippen LogP contribution in [0.3, 0.4) is 0 Å². The third kappa shape index (κ3) is 4.84. The Bertz CT molecular complexity index is 1020. The van der Waals surface area contributed by atoms with E-state index in [0.717, 1.165) is 23.5 Å². The molecule has 150 valence electrons. The fraction of sp³-hybridized carbons (Fsp3) is 0.154. The fourth-order valence-corrected chi connectivity index (χ4v) is 3.68. The van der Waals surface area contributed by atoms with Gasteiger partial charge in [0.05, 0.1) is 5.92 Å². The lowest BCUT2D eigenvalue weighted by molar-refractivity contribution is -0.121. The topological polar surface area (TPSA) is 46.9 Å². The van der Waals surface area contributed by atoms with E-state index in [-0.39, 0.29) is 11.8 Å². The molecule has 1 heterocycles. The van der Waals surface area contributed by atoms with Gasteiger partial charge in [0.1, 0.15) is 5.82 Å². The largest absolute Gasteiger partial charge is 0.355 e. The SMILES string of the molecule is O=C(NCCc1nccn1Cc1ccccc1)C(c1ccccc1)c1ccccc1. The first-order chi connectivity index (χ1) is 14.8. The molecule has 0 aliphatic rings. The van der Waals surface area contributed by atoms with Crippen LogP contribution in [0.5, 0.6) is 0 Å². The molecule has 1 amide bonds. The third-order valence-electron chi connectivity index (χ3n) is 5.17. The summed E-state index contributed by atoms with van der Waals surface area (Å²) < 4.78 is 2.13. The molecule has 0 unspecified atom stereocenters. The summed E-state index contributed by atoms with van der Waals surface area (Å²) in [6, 6.07) is 30.2. The maximum absolute atomic E-state index is 13.1. The number of hydrogen-bond acceptors (Lipinski definition) is 2. The minimum absolute atomic E-state index is 0.00793. The van der Waals surface area contributed by atoms with E-state index in [9.17, 15) is 4.79 Å². The standard InChI is InChI=1S/C26H25N3O/c30-26(25(22-12-6-2-7-13-22)23-14-8-3-9-15-23)28-17-16-24-27-18-19-29(24)20-21-10-4-1-5-11-21/h1-15,18-19,25H,16-17,20H2,(H,28,30). The summed E-state index contributed by atoms with van der Waals surface area (Å²) in [5, 5.41) is 3.12. The second kappa shape index (κ2) is 9.70. The lowest BCUT2D eigenvalue weighted by Crippen LogP contribution is -2.32. The second-order valence-corrected chi connectivity index (χ2v) is 7.25. The van der Waals surface area contributed by atoms with E-state index in [4.69, 9.17) is 0 Å². The zero-order valence-corrected chi connectivity index (χ0v) is 16.8. The predicted octanol–water partition coefficient (Wildman–Crippen LogP) is 4.42. The van der Waals surface area contributed by atoms with Crippen LogP contribution < -0.4 is 5.32 Å². The van der Waals surface area contributed by atoms with Gasteiger partial charge in [-0.05, 0) is 16.7 Å². The highest BCUT2D eigenvalue weighted by molar-refractivity contribution is 5.87. The highest BCUT2D eigenvalue weighted by atomic mass is 16.1. The number of nitrogens with zero attached hydrogens (tertiary/aromatic N) is 2. The number of aromatic nitrogens is 2. The van der Waals surface area contributed by atoms with Crippen molar-refractivity contribution in [1.82, 2.24) is 14.9 Å². The molecule has 0 fully saturated rings. The minimum atomic E-state index is -0.323. The summed E-state index contributed by atoms with van der Waals surface area (Å²) in [4.78, 5) is 17.6. The zero-order valence-electron chi connectivity index (χ0n) is 16.8. The monoisotopic (exact) mass is 395 g/mol. The van der Waals surface area contributed by atoms with E-state index in [0.29, 0.717) is 13.0 Å². The van der Waals surface area contributed by atoms with Crippen LogP contribution in [0.4, 0.5) is 0 Å². The predicted molar refractivity (Wildman–Crippen MR) is 119 cm³/mol. The number of amides is 1. The van der Waals surface area contributed by atoms with Crippen molar-refractivity contribution < 1.29 is 4.79 Å². The van der Waals surface area contributed by atoms with E-state index in [1.165, 1.54) is 5.56 Å². The molecule has 0 aliphatic carbocycles. The molecule has 4 aromatic rings. The highest BCUT2D eigenvalue weighted by Crippen LogP contribution is 2.24. The van der Waals surface area contributed by atoms with Gasteiger partial charge in [0.15, 0.2) is 0 Å². The summed E-state index contributed by atoms with van der Waals surface area (Å²) in [5.41, 5.74) is 3.22. The summed E-state index contributed by atoms with van der Waals surface area (Å²) in [7, 11) is 0. The van der Waals surface area contributed by atoms with Gasteiger partial charge in [-0.3, -0.25) is 4.79 Å². The van der Waals surface area contributed by atoms with Gasteiger partial charge < -0.3 is 9.88 Å². The normalized spacial score (nSPS) is 10.8. The molecular formula is C26H25N3O. The van der Waals surface area contributed by atoms with E-state index in [1.807, 2.05) is 91.3 Å². The first-order valence-electron chi connectivity index (χ1n) is 10.2. The van der Waals surface area contributed by atoms with Gasteiger partial charge in [0, 0.05) is 31.9 Å². The number of benzene rings is 3. The highest BCUT2D eigenvalue weighted by Gasteiger charge is 2.22. The van der Waals surface area contributed by atoms with Crippen molar-refractivity contribution >= 4 is 5.91 Å². The molecule has 4 rings (SSSR count). The molecule has 0 aliphatic heterocycles. The summed E-state index contributed by atoms with van der Waals surface area (Å²) in [6.45, 7) is 1.32. The molecule has 0 saturated carbocycles. The Hall–Kier alpha value is -3.66. The molecular weight excluding hydrogens is 370 g/mol. The molecule has 4 nitrogen and oxygen atoms in total. The fourth-order valence-electron chi connectivity index (χ4n) is 3.68. The average molecular weight is 396 g/mol. The molecule has 0 saturated heterocycles. The second-order valence-electron chi connectivity index (χ2n) is 7.25. The smallest absolute Gasteiger partial charge is 0.232 e. The quantitative estimate of drug-likeness (QED) is 0.480. The number of imidazole rings is 1. The molecule has 0 atom stereocenters. The van der Waals surface area contributed by atoms with Crippen molar-refractivity contribution in [3.8, 4) is 0 Å². The number of carbonyl (C=O) groups excluding carboxylic acids is 1. The molecule has 1 N–H and O–H groups in total. The van der Waals surface area contributed by atoms with E-state index >= 15 is 0 Å². The van der Waals surface area contributed by atoms with Crippen LogP contribution >= 0.6 is 0 Å². The molecule has 3 aromatic carbocycles. The third-order valence-corrected chi connectivity index (χ3v) is 5.17. The molecule has 30 heavy (non-hydrogen) atoms. The first-order valence-corrected chi connectivity index (χ1v) is 10.2. The van der Waals surface area contributed by atoms with E-state index in [2.05, 4.69) is 27.0 Å². The van der Waals surface area contributed by atoms with Crippen molar-refractivity contribution in [3.05, 3.63) is 126 Å². The zero-order chi connectivity index (χ0) is 20.6. The number of carbonyl (C=O) groups is 1. The van der Waals surface area contributed by atoms with Crippen molar-refractivity contribution in [1.29, 1.82) is 0 Å². The van der Waals surface area contributed by atoms with Gasteiger partial charge in [0.2, 0.25) is 5.91 Å². The molecule has 4 heteroatoms. The average Bonchev–Trinajstić information content (AvgIpc) is 3.23. The summed E-state index contributed by atoms with van der Waals surface area (Å²) in [5.74, 6) is 0.653. The van der Waals surface area contributed by atoms with Gasteiger partial charge >= 0.3 is 0 Å². The van der Waals surface area contributed by atoms with Gasteiger partial charge in [-0.1, -0.05) is 91.0 Å². The first kappa shape index (κ1) is 19.6. The van der Waals surface area contributed by atoms with Crippen LogP contribution in [0.2, 0.25) is 0 Å². The summed E-state index contributed by atoms with van der Waals surface area (Å²) >= 11 is 0. The molecule has 0 radical (unpaired) electrons. The summed E-state index contributed by atoms with van der Waals surface area (Å²) in [6.07, 6.45) is 4.49. The van der Waals surface area contributed by atoms with Gasteiger partial charge in [-0.2, -0.15) is 0 Å². The van der Waals surface area contributed by atoms with Crippen molar-refractivity contribution in [2.45, 2.75) is 18.9 Å². The minimum Gasteiger partial charge on any atom is -0.355 e. The van der Waals surface area contributed by atoms with Crippen LogP contribution in [0.15, 0.2) is 103 Å². The van der Waals surface area contributed by atoms with Crippen molar-refractivity contribution in [2.24, 2.45) is 0 Å². The van der Waals surface area contributed by atoms with Crippen LogP contribution in [0, 0.1) is 0 Å². The Balaban J connectivity index is 1.42. The molecule has 1 aromatic heterocycles. The van der Waals surface area contributed by atoms with Crippen LogP contribution in [0.1, 0.15) is 28.4 Å². The van der Waals surface area contributed by atoms with Crippen molar-refractivity contribution in [3.63, 3.8) is 0 Å². The molecule has 0 spiro atoms. The van der Waals surface area contributed by atoms with Crippen LogP contribution in [-0.4, -0.2) is 22.0 Å². The lowest BCUT2D eigenvalue weighted by atomic mass is 9.90. The van der Waals surface area contributed by atoms with Crippen molar-refractivity contribution in [2.75, 3.05) is 6.54 Å². The Kier molecular flexibility index (Phi) is 6.35. The van der Waals surface area contributed by atoms with Gasteiger partial charge in [-0.15, -0.1) is 0 Å². The van der Waals surface area contributed by atoms with Gasteiger partial charge in [-0.25, -0.2) is 4.98 Å². The lowest BCUT2D eigenvalue weighted by Gasteiger charge is -2.18. The Morgan fingerprint density at radius 3 is 2.00 bits per heavy atom. The number of rotatable bonds is 8. The Morgan fingerprint density at radius 1 is 0.833 bits per heavy atom. The maximum Gasteiger partial charge on any atom is 0.232 e. The maximum atomic E-state index is 13.1. The molecule has 0 bridgehead atoms. The van der Waals surface area contributed by atoms with Gasteiger partial charge in [0.25, 0.3) is 0 Å².